The molecule has 1 rings (SSSR count). The maximum absolute atomic E-state index is 12.8. The van der Waals surface area contributed by atoms with Gasteiger partial charge in [-0.15, -0.1) is 13.2 Å². The van der Waals surface area contributed by atoms with Crippen LogP contribution in [0.4, 0.5) is 26.3 Å². The van der Waals surface area contributed by atoms with Crippen molar-refractivity contribution in [3.63, 3.8) is 0 Å². The molecule has 0 amide bonds. The van der Waals surface area contributed by atoms with E-state index in [4.69, 9.17) is 5.73 Å². The summed E-state index contributed by atoms with van der Waals surface area (Å²) in [6.45, 7) is -0.779. The third-order valence-electron chi connectivity index (χ3n) is 2.21. The number of nitrogens with two attached hydrogens (primary N) is 1. The predicted octanol–water partition coefficient (Wildman–Crippen LogP) is 2.24. The van der Waals surface area contributed by atoms with Gasteiger partial charge in [0, 0.05) is 18.2 Å². The molecule has 0 aliphatic rings. The van der Waals surface area contributed by atoms with Gasteiger partial charge < -0.3 is 15.2 Å². The molecule has 11 heteroatoms. The lowest BCUT2D eigenvalue weighted by atomic mass is 10.1. The van der Waals surface area contributed by atoms with Crippen molar-refractivity contribution in [1.29, 1.82) is 0 Å². The fourth-order valence-corrected chi connectivity index (χ4v) is 1.44. The summed E-state index contributed by atoms with van der Waals surface area (Å²) < 4.78 is 82.2. The van der Waals surface area contributed by atoms with Crippen molar-refractivity contribution in [3.8, 4) is 5.88 Å². The van der Waals surface area contributed by atoms with Crippen molar-refractivity contribution >= 4 is 5.97 Å². The van der Waals surface area contributed by atoms with Crippen molar-refractivity contribution in [2.45, 2.75) is 19.1 Å². The number of pyridine rings is 1. The number of ether oxygens (including phenoxy) is 2. The molecule has 0 fully saturated rings. The maximum atomic E-state index is 12.8. The smallest absolute Gasteiger partial charge is 0.464 e. The van der Waals surface area contributed by atoms with Crippen molar-refractivity contribution in [1.82, 2.24) is 4.98 Å². The second-order valence-corrected chi connectivity index (χ2v) is 3.58. The lowest BCUT2D eigenvalue weighted by Crippen LogP contribution is -2.23. The van der Waals surface area contributed by atoms with E-state index < -0.39 is 47.8 Å². The molecule has 0 saturated carbocycles. The van der Waals surface area contributed by atoms with Gasteiger partial charge in [0.2, 0.25) is 5.88 Å². The molecule has 1 aromatic rings. The van der Waals surface area contributed by atoms with Crippen LogP contribution in [-0.4, -0.2) is 24.4 Å². The average Bonchev–Trinajstić information content (AvgIpc) is 2.33. The zero-order chi connectivity index (χ0) is 16.4. The van der Waals surface area contributed by atoms with Crippen LogP contribution in [-0.2, 0) is 17.5 Å². The van der Waals surface area contributed by atoms with Crippen LogP contribution >= 0.6 is 0 Å². The largest absolute Gasteiger partial charge is 0.574 e. The SMILES string of the molecule is COC(=O)c1nc(OC(F)(F)F)cc(C(F)(F)F)c1CN. The highest BCUT2D eigenvalue weighted by Crippen LogP contribution is 2.36. The number of methoxy groups -OCH3 is 1. The van der Waals surface area contributed by atoms with Crippen LogP contribution in [0.5, 0.6) is 5.88 Å². The second kappa shape index (κ2) is 5.76. The molecule has 0 bridgehead atoms. The standard InChI is InChI=1S/C10H8F6N2O3/c1-20-8(19)7-4(3-17)5(9(11,12)13)2-6(18-7)21-10(14,15)16/h2H,3,17H2,1H3. The van der Waals surface area contributed by atoms with E-state index in [1.807, 2.05) is 0 Å². The van der Waals surface area contributed by atoms with Crippen LogP contribution < -0.4 is 10.5 Å². The Morgan fingerprint density at radius 1 is 1.29 bits per heavy atom. The highest BCUT2D eigenvalue weighted by molar-refractivity contribution is 5.89. The molecule has 118 valence electrons. The monoisotopic (exact) mass is 318 g/mol. The molecule has 21 heavy (non-hydrogen) atoms. The van der Waals surface area contributed by atoms with Gasteiger partial charge in [0.15, 0.2) is 5.69 Å². The van der Waals surface area contributed by atoms with E-state index in [1.165, 1.54) is 0 Å². The Bertz CT molecular complexity index is 541. The van der Waals surface area contributed by atoms with Crippen LogP contribution in [0.15, 0.2) is 6.07 Å². The van der Waals surface area contributed by atoms with E-state index in [0.29, 0.717) is 0 Å². The van der Waals surface area contributed by atoms with E-state index in [0.717, 1.165) is 7.11 Å². The van der Waals surface area contributed by atoms with Gasteiger partial charge in [-0.05, 0) is 0 Å². The number of esters is 1. The number of carbonyl (C=O) groups is 1. The molecule has 0 atom stereocenters. The number of nitrogens with zero attached hydrogens (tertiary/aromatic N) is 1. The molecular weight excluding hydrogens is 310 g/mol. The summed E-state index contributed by atoms with van der Waals surface area (Å²) in [7, 11) is 0.828. The van der Waals surface area contributed by atoms with Crippen molar-refractivity contribution in [2.75, 3.05) is 7.11 Å². The highest BCUT2D eigenvalue weighted by atomic mass is 19.4. The minimum absolute atomic E-state index is 0.0160. The van der Waals surface area contributed by atoms with Gasteiger partial charge in [-0.2, -0.15) is 13.2 Å². The third-order valence-corrected chi connectivity index (χ3v) is 2.21. The first-order valence-electron chi connectivity index (χ1n) is 5.15. The molecular formula is C10H8F6N2O3. The number of hydrogen-bond acceptors (Lipinski definition) is 5. The van der Waals surface area contributed by atoms with E-state index in [1.54, 1.807) is 0 Å². The van der Waals surface area contributed by atoms with E-state index in [2.05, 4.69) is 14.5 Å². The van der Waals surface area contributed by atoms with Gasteiger partial charge in [-0.1, -0.05) is 0 Å². The summed E-state index contributed by atoms with van der Waals surface area (Å²) in [4.78, 5) is 14.4. The molecule has 0 aliphatic heterocycles. The van der Waals surface area contributed by atoms with Gasteiger partial charge in [0.05, 0.1) is 12.7 Å². The molecule has 0 radical (unpaired) electrons. The Labute approximate surface area is 113 Å². The quantitative estimate of drug-likeness (QED) is 0.683. The average molecular weight is 318 g/mol. The Morgan fingerprint density at radius 2 is 1.86 bits per heavy atom. The van der Waals surface area contributed by atoms with Crippen molar-refractivity contribution < 1.29 is 40.6 Å². The molecule has 1 aromatic heterocycles. The van der Waals surface area contributed by atoms with Crippen molar-refractivity contribution in [3.05, 3.63) is 22.9 Å². The normalized spacial score (nSPS) is 12.2. The van der Waals surface area contributed by atoms with Gasteiger partial charge >= 0.3 is 18.5 Å². The molecule has 0 aromatic carbocycles. The highest BCUT2D eigenvalue weighted by Gasteiger charge is 2.39. The summed E-state index contributed by atoms with van der Waals surface area (Å²) >= 11 is 0. The minimum atomic E-state index is -5.27. The zero-order valence-corrected chi connectivity index (χ0v) is 10.3. The predicted molar refractivity (Wildman–Crippen MR) is 55.2 cm³/mol. The minimum Gasteiger partial charge on any atom is -0.464 e. The number of aromatic nitrogens is 1. The third kappa shape index (κ3) is 4.21. The number of alkyl halides is 6. The Kier molecular flexibility index (Phi) is 4.66. The Balaban J connectivity index is 3.54. The van der Waals surface area contributed by atoms with Gasteiger partial charge in [0.25, 0.3) is 0 Å². The molecule has 0 spiro atoms. The lowest BCUT2D eigenvalue weighted by molar-refractivity contribution is -0.276. The zero-order valence-electron chi connectivity index (χ0n) is 10.3. The lowest BCUT2D eigenvalue weighted by Gasteiger charge is -2.16. The van der Waals surface area contributed by atoms with E-state index in [-0.39, 0.29) is 6.07 Å². The van der Waals surface area contributed by atoms with E-state index >= 15 is 0 Å². The maximum Gasteiger partial charge on any atom is 0.574 e. The van der Waals surface area contributed by atoms with Crippen LogP contribution in [0.25, 0.3) is 0 Å². The summed E-state index contributed by atoms with van der Waals surface area (Å²) in [6, 6.07) is 0.0160. The number of carbonyl (C=O) groups excluding carboxylic acids is 1. The fraction of sp³-hybridized carbons (Fsp3) is 0.400. The number of halogens is 6. The van der Waals surface area contributed by atoms with Crippen LogP contribution in [0, 0.1) is 0 Å². The van der Waals surface area contributed by atoms with Gasteiger partial charge in [-0.3, -0.25) is 0 Å². The van der Waals surface area contributed by atoms with Crippen LogP contribution in [0.1, 0.15) is 21.6 Å². The summed E-state index contributed by atoms with van der Waals surface area (Å²) in [5.74, 6) is -2.80. The van der Waals surface area contributed by atoms with Crippen LogP contribution in [0.2, 0.25) is 0 Å². The molecule has 0 unspecified atom stereocenters. The fourth-order valence-electron chi connectivity index (χ4n) is 1.44. The molecule has 0 aliphatic carbocycles. The molecule has 2 N–H and O–H groups in total. The number of hydrogen-bond donors (Lipinski definition) is 1. The van der Waals surface area contributed by atoms with Crippen molar-refractivity contribution in [2.24, 2.45) is 5.73 Å². The first-order chi connectivity index (χ1) is 9.49. The number of rotatable bonds is 3. The van der Waals surface area contributed by atoms with E-state index in [9.17, 15) is 31.1 Å². The molecule has 1 heterocycles. The molecule has 5 nitrogen and oxygen atoms in total. The van der Waals surface area contributed by atoms with Gasteiger partial charge in [0.1, 0.15) is 0 Å². The summed E-state index contributed by atoms with van der Waals surface area (Å²) in [5, 5.41) is 0. The second-order valence-electron chi connectivity index (χ2n) is 3.58. The summed E-state index contributed by atoms with van der Waals surface area (Å²) in [6.07, 6.45) is -10.3. The topological polar surface area (TPSA) is 74.4 Å². The molecule has 0 saturated heterocycles. The van der Waals surface area contributed by atoms with Gasteiger partial charge in [-0.25, -0.2) is 9.78 Å². The Morgan fingerprint density at radius 3 is 2.24 bits per heavy atom. The van der Waals surface area contributed by atoms with Crippen LogP contribution in [0.3, 0.4) is 0 Å². The first-order valence-corrected chi connectivity index (χ1v) is 5.15. The summed E-state index contributed by atoms with van der Waals surface area (Å²) in [5.41, 5.74) is 1.77. The first kappa shape index (κ1) is 17.0. The Hall–Kier alpha value is -2.04.